The maximum Gasteiger partial charge on any atom is 0.254 e. The first-order valence-corrected chi connectivity index (χ1v) is 6.46. The molecule has 8 nitrogen and oxygen atoms in total. The van der Waals surface area contributed by atoms with E-state index in [1.165, 1.54) is 10.8 Å². The number of hydrogen-bond donors (Lipinski definition) is 5. The molecule has 112 valence electrons. The van der Waals surface area contributed by atoms with Crippen molar-refractivity contribution in [3.05, 3.63) is 26.9 Å². The Balaban J connectivity index is 2.61. The zero-order valence-electron chi connectivity index (χ0n) is 10.8. The lowest BCUT2D eigenvalue weighted by Crippen LogP contribution is -2.51. The van der Waals surface area contributed by atoms with Crippen LogP contribution in [0.4, 0.5) is 0 Å². The molecule has 4 atom stereocenters. The van der Waals surface area contributed by atoms with Gasteiger partial charge in [-0.05, 0) is 19.1 Å². The molecule has 0 unspecified atom stereocenters. The summed E-state index contributed by atoms with van der Waals surface area (Å²) in [6.45, 7) is 0.896. The maximum absolute atomic E-state index is 11.5. The highest BCUT2D eigenvalue weighted by Gasteiger charge is 2.54. The van der Waals surface area contributed by atoms with Crippen molar-refractivity contribution < 1.29 is 20.1 Å². The molecule has 1 aliphatic rings. The average molecular weight is 303 g/mol. The molecule has 20 heavy (non-hydrogen) atoms. The van der Waals surface area contributed by atoms with Gasteiger partial charge in [-0.25, -0.2) is 0 Å². The first-order chi connectivity index (χ1) is 9.37. The van der Waals surface area contributed by atoms with Gasteiger partial charge in [-0.2, -0.15) is 0 Å². The molecule has 0 amide bonds. The number of aryl methyl sites for hydroxylation is 1. The van der Waals surface area contributed by atoms with Crippen LogP contribution in [0.1, 0.15) is 5.56 Å². The minimum atomic E-state index is -1.53. The van der Waals surface area contributed by atoms with E-state index in [0.29, 0.717) is 5.56 Å². The van der Waals surface area contributed by atoms with E-state index < -0.39 is 30.6 Å². The number of aliphatic hydroxyl groups excluding tert-OH is 3. The van der Waals surface area contributed by atoms with Crippen LogP contribution >= 0.6 is 12.2 Å². The van der Waals surface area contributed by atoms with E-state index in [9.17, 15) is 15.0 Å². The first-order valence-electron chi connectivity index (χ1n) is 6.05. The van der Waals surface area contributed by atoms with E-state index in [0.717, 1.165) is 0 Å². The fourth-order valence-electron chi connectivity index (χ4n) is 2.33. The summed E-state index contributed by atoms with van der Waals surface area (Å²) in [7, 11) is 0. The van der Waals surface area contributed by atoms with Crippen molar-refractivity contribution in [3.8, 4) is 0 Å². The molecule has 1 saturated heterocycles. The Labute approximate surface area is 119 Å². The molecule has 0 radical (unpaired) electrons. The summed E-state index contributed by atoms with van der Waals surface area (Å²) in [5.41, 5.74) is 4.16. The number of ether oxygens (including phenoxy) is 1. The van der Waals surface area contributed by atoms with Crippen LogP contribution in [0, 0.1) is 11.7 Å². The quantitative estimate of drug-likeness (QED) is 0.405. The van der Waals surface area contributed by atoms with Gasteiger partial charge >= 0.3 is 0 Å². The minimum Gasteiger partial charge on any atom is -0.394 e. The molecule has 1 aromatic rings. The topological polar surface area (TPSA) is 134 Å². The van der Waals surface area contributed by atoms with Crippen molar-refractivity contribution in [1.82, 2.24) is 9.55 Å². The van der Waals surface area contributed by atoms with Gasteiger partial charge in [-0.1, -0.05) is 0 Å². The number of nitrogens with one attached hydrogen (secondary N) is 1. The standard InChI is InChI=1S/C11H17N3O5S/c1-5-2-14(10(20)13-9(5)18)11(4-12)8(17)7(16)6(3-15)19-11/h2,6-8,15-17H,3-4,12H2,1H3,(H,13,18,20)/t6-,7-,8-,11-/m1/s1. The summed E-state index contributed by atoms with van der Waals surface area (Å²) in [4.78, 5) is 13.9. The highest BCUT2D eigenvalue weighted by atomic mass is 32.1. The largest absolute Gasteiger partial charge is 0.394 e. The number of H-pyrrole nitrogens is 1. The lowest BCUT2D eigenvalue weighted by atomic mass is 10.0. The van der Waals surface area contributed by atoms with E-state index in [-0.39, 0.29) is 16.9 Å². The Bertz CT molecular complexity index is 615. The zero-order valence-corrected chi connectivity index (χ0v) is 11.6. The predicted molar refractivity (Wildman–Crippen MR) is 71.6 cm³/mol. The van der Waals surface area contributed by atoms with Gasteiger partial charge in [0.15, 0.2) is 10.5 Å². The Kier molecular flexibility index (Phi) is 4.09. The number of nitrogens with zero attached hydrogens (tertiary/aromatic N) is 1. The van der Waals surface area contributed by atoms with Crippen LogP contribution in [0.15, 0.2) is 11.0 Å². The summed E-state index contributed by atoms with van der Waals surface area (Å²) in [6, 6.07) is 0. The molecule has 9 heteroatoms. The Hall–Kier alpha value is -1.10. The zero-order chi connectivity index (χ0) is 15.1. The van der Waals surface area contributed by atoms with Crippen molar-refractivity contribution in [2.24, 2.45) is 5.73 Å². The van der Waals surface area contributed by atoms with Crippen LogP contribution in [-0.4, -0.2) is 56.3 Å². The second-order valence-electron chi connectivity index (χ2n) is 4.76. The molecule has 1 aromatic heterocycles. The number of aromatic amines is 1. The Morgan fingerprint density at radius 3 is 2.75 bits per heavy atom. The third-order valence-electron chi connectivity index (χ3n) is 3.52. The van der Waals surface area contributed by atoms with Gasteiger partial charge in [0, 0.05) is 18.3 Å². The molecule has 0 saturated carbocycles. The van der Waals surface area contributed by atoms with Gasteiger partial charge in [0.2, 0.25) is 0 Å². The summed E-state index contributed by atoms with van der Waals surface area (Å²) in [6.07, 6.45) is -2.27. The van der Waals surface area contributed by atoms with E-state index in [1.54, 1.807) is 6.92 Å². The second-order valence-corrected chi connectivity index (χ2v) is 5.15. The molecular formula is C11H17N3O5S. The van der Waals surface area contributed by atoms with Crippen molar-refractivity contribution in [1.29, 1.82) is 0 Å². The van der Waals surface area contributed by atoms with Crippen molar-refractivity contribution in [2.75, 3.05) is 13.2 Å². The van der Waals surface area contributed by atoms with Crippen LogP contribution in [0.3, 0.4) is 0 Å². The number of nitrogens with two attached hydrogens (primary N) is 1. The van der Waals surface area contributed by atoms with Crippen molar-refractivity contribution in [3.63, 3.8) is 0 Å². The van der Waals surface area contributed by atoms with Gasteiger partial charge in [0.25, 0.3) is 5.56 Å². The summed E-state index contributed by atoms with van der Waals surface area (Å²) < 4.78 is 6.85. The number of hydrogen-bond acceptors (Lipinski definition) is 7. The predicted octanol–water partition coefficient (Wildman–Crippen LogP) is -2.06. The fourth-order valence-corrected chi connectivity index (χ4v) is 2.63. The molecule has 1 fully saturated rings. The molecule has 0 spiro atoms. The smallest absolute Gasteiger partial charge is 0.254 e. The molecular weight excluding hydrogens is 286 g/mol. The highest BCUT2D eigenvalue weighted by Crippen LogP contribution is 2.34. The van der Waals surface area contributed by atoms with Gasteiger partial charge in [-0.15, -0.1) is 0 Å². The Morgan fingerprint density at radius 2 is 2.25 bits per heavy atom. The molecule has 2 heterocycles. The van der Waals surface area contributed by atoms with Crippen LogP contribution in [0.25, 0.3) is 0 Å². The van der Waals surface area contributed by atoms with Crippen molar-refractivity contribution in [2.45, 2.75) is 31.0 Å². The number of aliphatic hydroxyl groups is 3. The molecule has 1 aliphatic heterocycles. The van der Waals surface area contributed by atoms with Crippen LogP contribution in [0.5, 0.6) is 0 Å². The van der Waals surface area contributed by atoms with Crippen LogP contribution in [0.2, 0.25) is 0 Å². The van der Waals surface area contributed by atoms with E-state index in [1.807, 2.05) is 0 Å². The van der Waals surface area contributed by atoms with Gasteiger partial charge in [0.05, 0.1) is 6.61 Å². The van der Waals surface area contributed by atoms with E-state index in [2.05, 4.69) is 4.98 Å². The van der Waals surface area contributed by atoms with Crippen LogP contribution < -0.4 is 11.3 Å². The lowest BCUT2D eigenvalue weighted by molar-refractivity contribution is -0.142. The average Bonchev–Trinajstić information content (AvgIpc) is 2.68. The van der Waals surface area contributed by atoms with Gasteiger partial charge < -0.3 is 25.8 Å². The molecule has 2 rings (SSSR count). The Morgan fingerprint density at radius 1 is 1.60 bits per heavy atom. The first kappa shape index (κ1) is 15.3. The number of aromatic nitrogens is 2. The lowest BCUT2D eigenvalue weighted by Gasteiger charge is -2.33. The van der Waals surface area contributed by atoms with Gasteiger partial charge in [0.1, 0.15) is 18.3 Å². The van der Waals surface area contributed by atoms with Crippen molar-refractivity contribution >= 4 is 12.2 Å². The number of rotatable bonds is 3. The third-order valence-corrected chi connectivity index (χ3v) is 3.82. The summed E-state index contributed by atoms with van der Waals surface area (Å²) >= 11 is 5.06. The summed E-state index contributed by atoms with van der Waals surface area (Å²) in [5, 5.41) is 29.3. The maximum atomic E-state index is 11.5. The van der Waals surface area contributed by atoms with Gasteiger partial charge in [-0.3, -0.25) is 14.3 Å². The SMILES string of the molecule is Cc1cn([C@]2(CN)O[C@H](CO)[C@@H](O)[C@H]2O)c(=S)[nH]c1=O. The van der Waals surface area contributed by atoms with E-state index in [4.69, 9.17) is 27.8 Å². The highest BCUT2D eigenvalue weighted by molar-refractivity contribution is 7.71. The monoisotopic (exact) mass is 303 g/mol. The third kappa shape index (κ3) is 2.12. The summed E-state index contributed by atoms with van der Waals surface area (Å²) in [5.74, 6) is 0. The molecule has 6 N–H and O–H groups in total. The molecule has 0 aromatic carbocycles. The minimum absolute atomic E-state index is 0.0101. The van der Waals surface area contributed by atoms with E-state index >= 15 is 0 Å². The fraction of sp³-hybridized carbons (Fsp3) is 0.636. The van der Waals surface area contributed by atoms with Crippen LogP contribution in [-0.2, 0) is 10.5 Å². The normalized spacial score (nSPS) is 33.5. The second kappa shape index (κ2) is 5.35. The molecule has 0 aliphatic carbocycles. The molecule has 0 bridgehead atoms.